The van der Waals surface area contributed by atoms with Gasteiger partial charge in [0, 0.05) is 23.9 Å². The molecule has 1 aromatic rings. The zero-order valence-corrected chi connectivity index (χ0v) is 13.7. The van der Waals surface area contributed by atoms with E-state index in [0.717, 1.165) is 25.3 Å². The van der Waals surface area contributed by atoms with E-state index < -0.39 is 11.6 Å². The zero-order valence-electron chi connectivity index (χ0n) is 12.1. The Bertz CT molecular complexity index is 508. The van der Waals surface area contributed by atoms with Gasteiger partial charge in [-0.25, -0.2) is 8.78 Å². The van der Waals surface area contributed by atoms with Crippen LogP contribution in [0.15, 0.2) is 16.6 Å². The minimum atomic E-state index is -0.638. The summed E-state index contributed by atoms with van der Waals surface area (Å²) in [4.78, 5) is 0. The Hall–Kier alpha value is -0.680. The normalized spacial score (nSPS) is 27.4. The molecule has 1 aromatic carbocycles. The third kappa shape index (κ3) is 2.59. The molecule has 0 aliphatic heterocycles. The van der Waals surface area contributed by atoms with Crippen LogP contribution in [-0.2, 0) is 0 Å². The van der Waals surface area contributed by atoms with Gasteiger partial charge in [-0.3, -0.25) is 0 Å². The molecule has 1 N–H and O–H groups in total. The molecule has 21 heavy (non-hydrogen) atoms. The molecule has 5 heteroatoms. The van der Waals surface area contributed by atoms with E-state index in [9.17, 15) is 8.78 Å². The molecule has 2 unspecified atom stereocenters. The predicted octanol–water partition coefficient (Wildman–Crippen LogP) is 4.42. The zero-order chi connectivity index (χ0) is 15.0. The van der Waals surface area contributed by atoms with Crippen LogP contribution in [-0.4, -0.2) is 19.2 Å². The largest absolute Gasteiger partial charge is 0.485 e. The molecule has 2 saturated carbocycles. The summed E-state index contributed by atoms with van der Waals surface area (Å²) in [6, 6.07) is 2.56. The van der Waals surface area contributed by atoms with Crippen molar-refractivity contribution in [3.8, 4) is 5.75 Å². The smallest absolute Gasteiger partial charge is 0.169 e. The molecule has 116 valence electrons. The second-order valence-corrected chi connectivity index (χ2v) is 7.03. The van der Waals surface area contributed by atoms with Crippen molar-refractivity contribution in [1.82, 2.24) is 5.32 Å². The highest BCUT2D eigenvalue weighted by Gasteiger charge is 2.56. The van der Waals surface area contributed by atoms with E-state index in [-0.39, 0.29) is 17.3 Å². The Morgan fingerprint density at radius 2 is 1.95 bits per heavy atom. The molecular formula is C16H20BrF2NO. The van der Waals surface area contributed by atoms with Gasteiger partial charge in [-0.15, -0.1) is 0 Å². The van der Waals surface area contributed by atoms with Crippen molar-refractivity contribution in [2.24, 2.45) is 5.41 Å². The van der Waals surface area contributed by atoms with Gasteiger partial charge in [-0.2, -0.15) is 0 Å². The second kappa shape index (κ2) is 5.84. The Kier molecular flexibility index (Phi) is 4.23. The first-order chi connectivity index (χ1) is 10.1. The van der Waals surface area contributed by atoms with Gasteiger partial charge >= 0.3 is 0 Å². The lowest BCUT2D eigenvalue weighted by Gasteiger charge is -2.57. The van der Waals surface area contributed by atoms with Gasteiger partial charge in [0.05, 0.1) is 4.47 Å². The van der Waals surface area contributed by atoms with E-state index in [1.54, 1.807) is 0 Å². The van der Waals surface area contributed by atoms with Crippen LogP contribution in [0.2, 0.25) is 0 Å². The van der Waals surface area contributed by atoms with Crippen LogP contribution in [0, 0.1) is 17.0 Å². The molecule has 0 aromatic heterocycles. The van der Waals surface area contributed by atoms with Crippen LogP contribution >= 0.6 is 15.9 Å². The van der Waals surface area contributed by atoms with Gasteiger partial charge in [0.1, 0.15) is 11.9 Å². The quantitative estimate of drug-likeness (QED) is 0.862. The number of hydrogen-bond acceptors (Lipinski definition) is 2. The molecule has 2 fully saturated rings. The summed E-state index contributed by atoms with van der Waals surface area (Å²) < 4.78 is 33.4. The lowest BCUT2D eigenvalue weighted by molar-refractivity contribution is -0.102. The summed E-state index contributed by atoms with van der Waals surface area (Å²) in [7, 11) is 1.98. The Balaban J connectivity index is 1.82. The van der Waals surface area contributed by atoms with Gasteiger partial charge in [0.25, 0.3) is 0 Å². The SMILES string of the molecule is CNC1CC(Oc2c(F)cc(F)cc2Br)C12CCCCC2. The number of nitrogens with one attached hydrogen (secondary N) is 1. The minimum Gasteiger partial charge on any atom is -0.485 e. The number of rotatable bonds is 3. The van der Waals surface area contributed by atoms with Crippen LogP contribution in [0.1, 0.15) is 38.5 Å². The second-order valence-electron chi connectivity index (χ2n) is 6.18. The summed E-state index contributed by atoms with van der Waals surface area (Å²) in [6.45, 7) is 0. The summed E-state index contributed by atoms with van der Waals surface area (Å²) in [5, 5.41) is 3.37. The van der Waals surface area contributed by atoms with E-state index in [4.69, 9.17) is 4.74 Å². The fraction of sp³-hybridized carbons (Fsp3) is 0.625. The Labute approximate surface area is 132 Å². The lowest BCUT2D eigenvalue weighted by Crippen LogP contribution is -2.64. The van der Waals surface area contributed by atoms with Crippen molar-refractivity contribution in [2.45, 2.75) is 50.7 Å². The predicted molar refractivity (Wildman–Crippen MR) is 81.5 cm³/mol. The van der Waals surface area contributed by atoms with Crippen LogP contribution in [0.25, 0.3) is 0 Å². The molecule has 3 rings (SSSR count). The van der Waals surface area contributed by atoms with Crippen LogP contribution < -0.4 is 10.1 Å². The average Bonchev–Trinajstić information content (AvgIpc) is 2.45. The molecule has 2 atom stereocenters. The summed E-state index contributed by atoms with van der Waals surface area (Å²) >= 11 is 3.20. The third-order valence-corrected chi connectivity index (χ3v) is 5.73. The van der Waals surface area contributed by atoms with Crippen molar-refractivity contribution in [1.29, 1.82) is 0 Å². The highest BCUT2D eigenvalue weighted by Crippen LogP contribution is 2.53. The van der Waals surface area contributed by atoms with Crippen molar-refractivity contribution in [2.75, 3.05) is 7.05 Å². The van der Waals surface area contributed by atoms with Gasteiger partial charge in [-0.05, 0) is 41.9 Å². The fourth-order valence-electron chi connectivity index (χ4n) is 3.98. The van der Waals surface area contributed by atoms with Crippen LogP contribution in [0.5, 0.6) is 5.75 Å². The molecule has 0 radical (unpaired) electrons. The maximum atomic E-state index is 14.0. The molecular weight excluding hydrogens is 340 g/mol. The van der Waals surface area contributed by atoms with Crippen LogP contribution in [0.3, 0.4) is 0 Å². The topological polar surface area (TPSA) is 21.3 Å². The minimum absolute atomic E-state index is 0.00603. The van der Waals surface area contributed by atoms with Gasteiger partial charge in [0.15, 0.2) is 11.6 Å². The highest BCUT2D eigenvalue weighted by molar-refractivity contribution is 9.10. The van der Waals surface area contributed by atoms with Gasteiger partial charge < -0.3 is 10.1 Å². The maximum absolute atomic E-state index is 14.0. The van der Waals surface area contributed by atoms with Crippen molar-refractivity contribution >= 4 is 15.9 Å². The molecule has 2 nitrogen and oxygen atoms in total. The van der Waals surface area contributed by atoms with Crippen molar-refractivity contribution in [3.63, 3.8) is 0 Å². The van der Waals surface area contributed by atoms with Crippen molar-refractivity contribution in [3.05, 3.63) is 28.2 Å². The van der Waals surface area contributed by atoms with E-state index in [1.807, 2.05) is 7.05 Å². The number of benzene rings is 1. The molecule has 0 saturated heterocycles. The first-order valence-corrected chi connectivity index (χ1v) is 8.34. The molecule has 1 spiro atoms. The van der Waals surface area contributed by atoms with Crippen molar-refractivity contribution < 1.29 is 13.5 Å². The molecule has 2 aliphatic rings. The van der Waals surface area contributed by atoms with Crippen LogP contribution in [0.4, 0.5) is 8.78 Å². The maximum Gasteiger partial charge on any atom is 0.169 e. The standard InChI is InChI=1S/C16H20BrF2NO/c1-20-13-9-14(16(13)5-3-2-4-6-16)21-15-11(17)7-10(18)8-12(15)19/h7-8,13-14,20H,2-6,9H2,1H3. The number of ether oxygens (including phenoxy) is 1. The third-order valence-electron chi connectivity index (χ3n) is 5.14. The summed E-state index contributed by atoms with van der Waals surface area (Å²) in [5.41, 5.74) is 0.104. The van der Waals surface area contributed by atoms with Gasteiger partial charge in [0.2, 0.25) is 0 Å². The van der Waals surface area contributed by atoms with E-state index >= 15 is 0 Å². The Morgan fingerprint density at radius 3 is 2.57 bits per heavy atom. The summed E-state index contributed by atoms with van der Waals surface area (Å²) in [6.07, 6.45) is 6.77. The molecule has 0 amide bonds. The van der Waals surface area contributed by atoms with E-state index in [1.165, 1.54) is 25.3 Å². The van der Waals surface area contributed by atoms with E-state index in [0.29, 0.717) is 10.5 Å². The first kappa shape index (κ1) is 15.2. The highest BCUT2D eigenvalue weighted by atomic mass is 79.9. The van der Waals surface area contributed by atoms with E-state index in [2.05, 4.69) is 21.2 Å². The van der Waals surface area contributed by atoms with Gasteiger partial charge in [-0.1, -0.05) is 19.3 Å². The molecule has 0 heterocycles. The molecule has 0 bridgehead atoms. The number of halogens is 3. The first-order valence-electron chi connectivity index (χ1n) is 7.55. The average molecular weight is 360 g/mol. The molecule has 2 aliphatic carbocycles. The number of hydrogen-bond donors (Lipinski definition) is 1. The lowest BCUT2D eigenvalue weighted by atomic mass is 9.55. The Morgan fingerprint density at radius 1 is 1.24 bits per heavy atom. The monoisotopic (exact) mass is 359 g/mol. The summed E-state index contributed by atoms with van der Waals surface area (Å²) in [5.74, 6) is -1.09. The fourth-order valence-corrected chi connectivity index (χ4v) is 4.48.